The molecule has 1 aromatic heterocycles. The van der Waals surface area contributed by atoms with E-state index >= 15 is 0 Å². The predicted octanol–water partition coefficient (Wildman–Crippen LogP) is 0.820. The van der Waals surface area contributed by atoms with Gasteiger partial charge in [0.15, 0.2) is 0 Å². The zero-order chi connectivity index (χ0) is 11.5. The summed E-state index contributed by atoms with van der Waals surface area (Å²) in [5.41, 5.74) is 4.58. The van der Waals surface area contributed by atoms with Gasteiger partial charge in [0.2, 0.25) is 5.95 Å². The second kappa shape index (κ2) is 4.29. The van der Waals surface area contributed by atoms with Crippen LogP contribution in [0.5, 0.6) is 0 Å². The lowest BCUT2D eigenvalue weighted by atomic mass is 9.79. The van der Waals surface area contributed by atoms with Crippen molar-refractivity contribution in [2.24, 2.45) is 5.41 Å². The van der Waals surface area contributed by atoms with E-state index in [0.717, 1.165) is 0 Å². The van der Waals surface area contributed by atoms with Gasteiger partial charge in [0.25, 0.3) is 0 Å². The highest BCUT2D eigenvalue weighted by atomic mass is 16.4. The van der Waals surface area contributed by atoms with Crippen molar-refractivity contribution >= 4 is 11.9 Å². The Morgan fingerprint density at radius 1 is 1.53 bits per heavy atom. The number of hydrogen-bond donors (Lipinski definition) is 3. The zero-order valence-electron chi connectivity index (χ0n) is 8.95. The Morgan fingerprint density at radius 3 is 2.47 bits per heavy atom. The van der Waals surface area contributed by atoms with E-state index in [0.29, 0.717) is 25.1 Å². The van der Waals surface area contributed by atoms with Crippen molar-refractivity contribution in [3.63, 3.8) is 0 Å². The number of H-pyrrole nitrogens is 1. The highest BCUT2D eigenvalue weighted by Gasteiger charge is 2.36. The van der Waals surface area contributed by atoms with Crippen LogP contribution in [-0.2, 0) is 11.2 Å². The number of hydrogen-bond acceptors (Lipinski definition) is 4. The lowest BCUT2D eigenvalue weighted by molar-refractivity contribution is -0.149. The molecule has 0 aliphatic heterocycles. The molecule has 0 saturated heterocycles. The number of aromatic amines is 1. The molecule has 15 heavy (non-hydrogen) atoms. The molecule has 4 N–H and O–H groups in total. The molecule has 0 radical (unpaired) electrons. The Kier molecular flexibility index (Phi) is 3.28. The average molecular weight is 212 g/mol. The fourth-order valence-electron chi connectivity index (χ4n) is 1.59. The third kappa shape index (κ3) is 2.26. The number of nitrogens with two attached hydrogens (primary N) is 1. The van der Waals surface area contributed by atoms with E-state index in [2.05, 4.69) is 15.2 Å². The van der Waals surface area contributed by atoms with Crippen LogP contribution in [0.15, 0.2) is 0 Å². The minimum absolute atomic E-state index is 0.150. The van der Waals surface area contributed by atoms with Crippen LogP contribution in [0.2, 0.25) is 0 Å². The van der Waals surface area contributed by atoms with Gasteiger partial charge in [-0.25, -0.2) is 0 Å². The molecule has 0 aliphatic rings. The molecule has 0 bridgehead atoms. The van der Waals surface area contributed by atoms with Crippen LogP contribution in [0.4, 0.5) is 5.95 Å². The van der Waals surface area contributed by atoms with Gasteiger partial charge < -0.3 is 10.8 Å². The first-order valence-corrected chi connectivity index (χ1v) is 4.94. The summed E-state index contributed by atoms with van der Waals surface area (Å²) >= 11 is 0. The maximum absolute atomic E-state index is 11.2. The molecular weight excluding hydrogens is 196 g/mol. The van der Waals surface area contributed by atoms with Crippen molar-refractivity contribution in [3.8, 4) is 0 Å². The van der Waals surface area contributed by atoms with Gasteiger partial charge in [-0.15, -0.1) is 5.10 Å². The Hall–Kier alpha value is -1.59. The van der Waals surface area contributed by atoms with Crippen molar-refractivity contribution in [3.05, 3.63) is 5.82 Å². The SMILES string of the molecule is CCC(CC)(Cc1nc(N)n[nH]1)C(=O)O. The van der Waals surface area contributed by atoms with E-state index in [1.807, 2.05) is 13.8 Å². The van der Waals surface area contributed by atoms with Gasteiger partial charge >= 0.3 is 5.97 Å². The number of rotatable bonds is 5. The van der Waals surface area contributed by atoms with Gasteiger partial charge in [0, 0.05) is 6.42 Å². The molecule has 84 valence electrons. The van der Waals surface area contributed by atoms with Gasteiger partial charge in [-0.1, -0.05) is 13.8 Å². The Labute approximate surface area is 87.9 Å². The zero-order valence-corrected chi connectivity index (χ0v) is 8.95. The van der Waals surface area contributed by atoms with Gasteiger partial charge in [-0.05, 0) is 12.8 Å². The Bertz CT molecular complexity index is 344. The smallest absolute Gasteiger partial charge is 0.310 e. The van der Waals surface area contributed by atoms with Gasteiger partial charge in [0.1, 0.15) is 5.82 Å². The third-order valence-electron chi connectivity index (χ3n) is 2.86. The van der Waals surface area contributed by atoms with E-state index in [1.165, 1.54) is 0 Å². The van der Waals surface area contributed by atoms with Crippen LogP contribution in [0.3, 0.4) is 0 Å². The van der Waals surface area contributed by atoms with Crippen LogP contribution in [-0.4, -0.2) is 26.3 Å². The molecule has 0 aromatic carbocycles. The molecule has 0 unspecified atom stereocenters. The summed E-state index contributed by atoms with van der Waals surface area (Å²) in [7, 11) is 0. The fourth-order valence-corrected chi connectivity index (χ4v) is 1.59. The number of nitrogens with one attached hydrogen (secondary N) is 1. The number of nitrogen functional groups attached to an aromatic ring is 1. The summed E-state index contributed by atoms with van der Waals surface area (Å²) < 4.78 is 0. The highest BCUT2D eigenvalue weighted by molar-refractivity contribution is 5.74. The maximum Gasteiger partial charge on any atom is 0.310 e. The van der Waals surface area contributed by atoms with E-state index < -0.39 is 11.4 Å². The van der Waals surface area contributed by atoms with Crippen LogP contribution in [0, 0.1) is 5.41 Å². The molecule has 1 aromatic rings. The lowest BCUT2D eigenvalue weighted by Gasteiger charge is -2.25. The van der Waals surface area contributed by atoms with Crippen molar-refractivity contribution < 1.29 is 9.90 Å². The standard InChI is InChI=1S/C9H16N4O2/c1-3-9(4-2,7(14)15)5-6-11-8(10)13-12-6/h3-5H2,1-2H3,(H,14,15)(H3,10,11,12,13). The molecule has 1 rings (SSSR count). The number of aliphatic carboxylic acids is 1. The van der Waals surface area contributed by atoms with Crippen molar-refractivity contribution in [2.75, 3.05) is 5.73 Å². The van der Waals surface area contributed by atoms with Crippen LogP contribution < -0.4 is 5.73 Å². The largest absolute Gasteiger partial charge is 0.481 e. The summed E-state index contributed by atoms with van der Waals surface area (Å²) in [6.07, 6.45) is 1.44. The summed E-state index contributed by atoms with van der Waals surface area (Å²) in [5, 5.41) is 15.5. The van der Waals surface area contributed by atoms with Crippen molar-refractivity contribution in [2.45, 2.75) is 33.1 Å². The van der Waals surface area contributed by atoms with Crippen LogP contribution in [0.1, 0.15) is 32.5 Å². The van der Waals surface area contributed by atoms with Gasteiger partial charge in [-0.3, -0.25) is 9.89 Å². The van der Waals surface area contributed by atoms with Crippen molar-refractivity contribution in [1.82, 2.24) is 15.2 Å². The molecule has 0 fully saturated rings. The summed E-state index contributed by atoms with van der Waals surface area (Å²) in [4.78, 5) is 15.1. The molecule has 0 spiro atoms. The number of aromatic nitrogens is 3. The Balaban J connectivity index is 2.88. The first-order valence-electron chi connectivity index (χ1n) is 4.94. The van der Waals surface area contributed by atoms with Crippen LogP contribution in [0.25, 0.3) is 0 Å². The number of carboxylic acids is 1. The van der Waals surface area contributed by atoms with E-state index in [1.54, 1.807) is 0 Å². The average Bonchev–Trinajstić information content (AvgIpc) is 2.60. The van der Waals surface area contributed by atoms with Crippen molar-refractivity contribution in [1.29, 1.82) is 0 Å². The number of carboxylic acid groups (broad SMARTS) is 1. The van der Waals surface area contributed by atoms with Gasteiger partial charge in [-0.2, -0.15) is 4.98 Å². The third-order valence-corrected chi connectivity index (χ3v) is 2.86. The second-order valence-corrected chi connectivity index (χ2v) is 3.61. The predicted molar refractivity (Wildman–Crippen MR) is 55.1 cm³/mol. The molecule has 0 amide bonds. The summed E-state index contributed by atoms with van der Waals surface area (Å²) in [5.74, 6) is -0.127. The quantitative estimate of drug-likeness (QED) is 0.670. The molecule has 0 saturated carbocycles. The normalized spacial score (nSPS) is 11.6. The highest BCUT2D eigenvalue weighted by Crippen LogP contribution is 2.30. The number of carbonyl (C=O) groups is 1. The summed E-state index contributed by atoms with van der Waals surface area (Å²) in [6, 6.07) is 0. The first-order chi connectivity index (χ1) is 7.04. The molecule has 0 atom stereocenters. The van der Waals surface area contributed by atoms with E-state index in [9.17, 15) is 9.90 Å². The monoisotopic (exact) mass is 212 g/mol. The molecule has 0 aliphatic carbocycles. The topological polar surface area (TPSA) is 105 Å². The van der Waals surface area contributed by atoms with Gasteiger partial charge in [0.05, 0.1) is 5.41 Å². The Morgan fingerprint density at radius 2 is 2.13 bits per heavy atom. The second-order valence-electron chi connectivity index (χ2n) is 3.61. The molecule has 6 nitrogen and oxygen atoms in total. The minimum Gasteiger partial charge on any atom is -0.481 e. The number of nitrogens with zero attached hydrogens (tertiary/aromatic N) is 2. The van der Waals surface area contributed by atoms with E-state index in [-0.39, 0.29) is 5.95 Å². The molecular formula is C9H16N4O2. The van der Waals surface area contributed by atoms with E-state index in [4.69, 9.17) is 5.73 Å². The fraction of sp³-hybridized carbons (Fsp3) is 0.667. The first kappa shape index (κ1) is 11.5. The molecule has 6 heteroatoms. The molecule has 1 heterocycles. The maximum atomic E-state index is 11.2. The number of anilines is 1. The lowest BCUT2D eigenvalue weighted by Crippen LogP contribution is -2.32. The summed E-state index contributed by atoms with van der Waals surface area (Å²) in [6.45, 7) is 3.72. The minimum atomic E-state index is -0.803. The van der Waals surface area contributed by atoms with Crippen LogP contribution >= 0.6 is 0 Å².